The molecule has 5 rings (SSSR count). The van der Waals surface area contributed by atoms with Gasteiger partial charge >= 0.3 is 5.97 Å². The van der Waals surface area contributed by atoms with E-state index in [1.165, 1.54) is 49.2 Å². The van der Waals surface area contributed by atoms with Crippen LogP contribution in [0.4, 0.5) is 0 Å². The number of nitrogens with one attached hydrogen (secondary N) is 1. The van der Waals surface area contributed by atoms with Gasteiger partial charge in [-0.2, -0.15) is 0 Å². The van der Waals surface area contributed by atoms with Crippen LogP contribution in [0.3, 0.4) is 0 Å². The van der Waals surface area contributed by atoms with Crippen molar-refractivity contribution in [3.05, 3.63) is 60.2 Å². The van der Waals surface area contributed by atoms with Gasteiger partial charge in [0.1, 0.15) is 6.54 Å². The van der Waals surface area contributed by atoms with Crippen molar-refractivity contribution in [2.24, 2.45) is 0 Å². The van der Waals surface area contributed by atoms with Crippen LogP contribution in [0.1, 0.15) is 31.7 Å². The summed E-state index contributed by atoms with van der Waals surface area (Å²) in [7, 11) is 0. The van der Waals surface area contributed by atoms with Crippen LogP contribution in [0.2, 0.25) is 0 Å². The second-order valence-corrected chi connectivity index (χ2v) is 7.97. The summed E-state index contributed by atoms with van der Waals surface area (Å²) in [4.78, 5) is 13.8. The van der Waals surface area contributed by atoms with Gasteiger partial charge in [-0.15, -0.1) is 0 Å². The molecule has 4 aromatic rings. The minimum atomic E-state index is -0.0350. The molecule has 0 aliphatic carbocycles. The largest absolute Gasteiger partial charge is 0.462 e. The highest BCUT2D eigenvalue weighted by molar-refractivity contribution is 6.23. The third-order valence-electron chi connectivity index (χ3n) is 6.34. The van der Waals surface area contributed by atoms with E-state index in [4.69, 9.17) is 4.74 Å². The Labute approximate surface area is 165 Å². The molecular weight excluding hydrogens is 346 g/mol. The van der Waals surface area contributed by atoms with E-state index in [0.29, 0.717) is 6.61 Å². The quantitative estimate of drug-likeness (QED) is 0.432. The van der Waals surface area contributed by atoms with Gasteiger partial charge in [0.25, 0.3) is 0 Å². The predicted molar refractivity (Wildman–Crippen MR) is 114 cm³/mol. The molecule has 0 saturated carbocycles. The highest BCUT2D eigenvalue weighted by Gasteiger charge is 2.34. The van der Waals surface area contributed by atoms with Crippen molar-refractivity contribution >= 4 is 38.3 Å². The zero-order valence-electron chi connectivity index (χ0n) is 16.3. The lowest BCUT2D eigenvalue weighted by Gasteiger charge is -2.31. The van der Waals surface area contributed by atoms with Crippen molar-refractivity contribution in [2.75, 3.05) is 13.2 Å². The van der Waals surface area contributed by atoms with Crippen LogP contribution in [-0.2, 0) is 16.1 Å². The zero-order valence-corrected chi connectivity index (χ0v) is 16.3. The first-order valence-electron chi connectivity index (χ1n) is 10.4. The topological polar surface area (TPSA) is 30.7 Å². The van der Waals surface area contributed by atoms with Crippen LogP contribution in [0.5, 0.6) is 0 Å². The summed E-state index contributed by atoms with van der Waals surface area (Å²) < 4.78 is 5.37. The fourth-order valence-electron chi connectivity index (χ4n) is 5.01. The minimum absolute atomic E-state index is 0.0325. The number of ether oxygens (including phenoxy) is 1. The Balaban J connectivity index is 1.60. The first-order chi connectivity index (χ1) is 13.8. The molecule has 1 aliphatic rings. The van der Waals surface area contributed by atoms with E-state index in [1.807, 2.05) is 6.92 Å². The Morgan fingerprint density at radius 3 is 2.46 bits per heavy atom. The van der Waals surface area contributed by atoms with Gasteiger partial charge in [-0.05, 0) is 52.1 Å². The lowest BCUT2D eigenvalue weighted by molar-refractivity contribution is -0.935. The normalized spacial score (nSPS) is 20.2. The summed E-state index contributed by atoms with van der Waals surface area (Å²) >= 11 is 0. The standard InChI is InChI=1S/C25H25NO2/c1-2-28-25(27)22-8-3-4-15-26(22)16-20-12-11-19-10-9-17-6-5-7-18-13-14-21(20)24(19)23(17)18/h5-7,9-14,22H,2-4,8,15-16H2,1H3/p+1/t22-/m0/s1. The number of quaternary nitrogens is 1. The number of benzene rings is 4. The van der Waals surface area contributed by atoms with Gasteiger partial charge in [-0.3, -0.25) is 0 Å². The van der Waals surface area contributed by atoms with Crippen molar-refractivity contribution < 1.29 is 14.4 Å². The Hall–Kier alpha value is -2.65. The third kappa shape index (κ3) is 2.82. The molecular formula is C25H26NO2+. The lowest BCUT2D eigenvalue weighted by Crippen LogP contribution is -3.16. The number of likely N-dealkylation sites (tertiary alicyclic amines) is 1. The van der Waals surface area contributed by atoms with E-state index in [1.54, 1.807) is 0 Å². The van der Waals surface area contributed by atoms with Gasteiger partial charge in [-0.25, -0.2) is 4.79 Å². The minimum Gasteiger partial charge on any atom is -0.462 e. The summed E-state index contributed by atoms with van der Waals surface area (Å²) in [5.74, 6) is -0.0325. The molecule has 0 amide bonds. The molecule has 1 unspecified atom stereocenters. The average molecular weight is 372 g/mol. The van der Waals surface area contributed by atoms with Crippen molar-refractivity contribution in [1.82, 2.24) is 0 Å². The van der Waals surface area contributed by atoms with Crippen LogP contribution < -0.4 is 4.90 Å². The summed E-state index contributed by atoms with van der Waals surface area (Å²) in [6.07, 6.45) is 3.22. The number of carbonyl (C=O) groups is 1. The molecule has 1 saturated heterocycles. The molecule has 0 bridgehead atoms. The number of esters is 1. The molecule has 1 N–H and O–H groups in total. The molecule has 0 spiro atoms. The monoisotopic (exact) mass is 372 g/mol. The van der Waals surface area contributed by atoms with E-state index < -0.39 is 0 Å². The van der Waals surface area contributed by atoms with Crippen LogP contribution in [0, 0.1) is 0 Å². The van der Waals surface area contributed by atoms with Crippen LogP contribution in [0.15, 0.2) is 54.6 Å². The molecule has 4 aromatic carbocycles. The second-order valence-electron chi connectivity index (χ2n) is 7.97. The molecule has 1 fully saturated rings. The van der Waals surface area contributed by atoms with Gasteiger partial charge in [0, 0.05) is 12.0 Å². The van der Waals surface area contributed by atoms with Crippen molar-refractivity contribution in [1.29, 1.82) is 0 Å². The van der Waals surface area contributed by atoms with Gasteiger partial charge < -0.3 is 9.64 Å². The average Bonchev–Trinajstić information content (AvgIpc) is 2.73. The molecule has 1 aliphatic heterocycles. The SMILES string of the molecule is CCOC(=O)[C@@H]1CCCC[NH+]1Cc1ccc2ccc3cccc4ccc1c2c34. The van der Waals surface area contributed by atoms with Crippen molar-refractivity contribution in [3.8, 4) is 0 Å². The highest BCUT2D eigenvalue weighted by atomic mass is 16.5. The number of hydrogen-bond donors (Lipinski definition) is 1. The number of hydrogen-bond acceptors (Lipinski definition) is 2. The van der Waals surface area contributed by atoms with Gasteiger partial charge in [0.15, 0.2) is 6.04 Å². The van der Waals surface area contributed by atoms with E-state index in [2.05, 4.69) is 54.6 Å². The summed E-state index contributed by atoms with van der Waals surface area (Å²) in [5.41, 5.74) is 1.33. The Bertz CT molecular complexity index is 1130. The van der Waals surface area contributed by atoms with Gasteiger partial charge in [0.2, 0.25) is 0 Å². The molecule has 0 aromatic heterocycles. The van der Waals surface area contributed by atoms with Gasteiger partial charge in [0.05, 0.1) is 13.2 Å². The smallest absolute Gasteiger partial charge is 0.364 e. The van der Waals surface area contributed by atoms with Crippen LogP contribution in [0.25, 0.3) is 32.3 Å². The van der Waals surface area contributed by atoms with E-state index in [-0.39, 0.29) is 12.0 Å². The van der Waals surface area contributed by atoms with E-state index in [9.17, 15) is 4.79 Å². The molecule has 28 heavy (non-hydrogen) atoms. The fourth-order valence-corrected chi connectivity index (χ4v) is 5.01. The van der Waals surface area contributed by atoms with E-state index in [0.717, 1.165) is 25.9 Å². The maximum atomic E-state index is 12.5. The number of rotatable bonds is 4. The molecule has 142 valence electrons. The zero-order chi connectivity index (χ0) is 19.1. The fraction of sp³-hybridized carbons (Fsp3) is 0.320. The number of piperidine rings is 1. The van der Waals surface area contributed by atoms with Crippen LogP contribution >= 0.6 is 0 Å². The lowest BCUT2D eigenvalue weighted by atomic mass is 9.91. The van der Waals surface area contributed by atoms with Crippen molar-refractivity contribution in [3.63, 3.8) is 0 Å². The van der Waals surface area contributed by atoms with Crippen LogP contribution in [-0.4, -0.2) is 25.2 Å². The molecule has 1 heterocycles. The Morgan fingerprint density at radius 1 is 0.964 bits per heavy atom. The Morgan fingerprint density at radius 2 is 1.68 bits per heavy atom. The Kier molecular flexibility index (Phi) is 4.40. The molecule has 3 heteroatoms. The maximum Gasteiger partial charge on any atom is 0.364 e. The first-order valence-corrected chi connectivity index (χ1v) is 10.4. The number of carbonyl (C=O) groups excluding carboxylic acids is 1. The van der Waals surface area contributed by atoms with Gasteiger partial charge in [-0.1, -0.05) is 54.6 Å². The summed E-state index contributed by atoms with van der Waals surface area (Å²) in [5, 5.41) is 7.91. The molecule has 0 radical (unpaired) electrons. The highest BCUT2D eigenvalue weighted by Crippen LogP contribution is 2.35. The summed E-state index contributed by atoms with van der Waals surface area (Å²) in [6.45, 7) is 4.26. The van der Waals surface area contributed by atoms with Crippen molar-refractivity contribution in [2.45, 2.75) is 38.8 Å². The molecule has 3 nitrogen and oxygen atoms in total. The first kappa shape index (κ1) is 17.4. The third-order valence-corrected chi connectivity index (χ3v) is 6.34. The predicted octanol–water partition coefficient (Wildman–Crippen LogP) is 4.08. The maximum absolute atomic E-state index is 12.5. The second kappa shape index (κ2) is 7.06. The molecule has 2 atom stereocenters. The van der Waals surface area contributed by atoms with E-state index >= 15 is 0 Å². The summed E-state index contributed by atoms with van der Waals surface area (Å²) in [6, 6.07) is 19.9.